The molecule has 0 rings (SSSR count). The zero-order valence-electron chi connectivity index (χ0n) is 7.96. The van der Waals surface area contributed by atoms with Gasteiger partial charge < -0.3 is 10.6 Å². The van der Waals surface area contributed by atoms with E-state index in [2.05, 4.69) is 23.3 Å². The number of amides is 2. The molecule has 0 bridgehead atoms. The van der Waals surface area contributed by atoms with E-state index in [0.717, 1.165) is 0 Å². The van der Waals surface area contributed by atoms with Crippen LogP contribution in [0.1, 0.15) is 20.3 Å². The molecular weight excluding hydrogens is 188 g/mol. The van der Waals surface area contributed by atoms with Crippen LogP contribution in [0, 0.1) is 0 Å². The van der Waals surface area contributed by atoms with Gasteiger partial charge in [-0.25, -0.2) is 0 Å². The van der Waals surface area contributed by atoms with Gasteiger partial charge in [0.15, 0.2) is 0 Å². The summed E-state index contributed by atoms with van der Waals surface area (Å²) in [6.07, 6.45) is 0.317. The first-order chi connectivity index (χ1) is 6.06. The van der Waals surface area contributed by atoms with Gasteiger partial charge in [-0.3, -0.25) is 9.59 Å². The number of hydrogen-bond donors (Lipinski definition) is 3. The Balaban J connectivity index is 3.42. The minimum atomic E-state index is -0.152. The molecule has 0 saturated carbocycles. The van der Waals surface area contributed by atoms with Crippen LogP contribution in [0.4, 0.5) is 0 Å². The number of hydrogen-bond acceptors (Lipinski definition) is 3. The highest BCUT2D eigenvalue weighted by Crippen LogP contribution is 1.82. The minimum absolute atomic E-state index is 0.0468. The van der Waals surface area contributed by atoms with E-state index < -0.39 is 0 Å². The third kappa shape index (κ3) is 7.64. The number of thiol groups is 1. The Hall–Kier alpha value is -0.710. The molecule has 13 heavy (non-hydrogen) atoms. The van der Waals surface area contributed by atoms with Gasteiger partial charge in [0, 0.05) is 19.0 Å². The van der Waals surface area contributed by atoms with E-state index in [0.29, 0.717) is 13.0 Å². The molecule has 0 atom stereocenters. The molecule has 0 aromatic rings. The van der Waals surface area contributed by atoms with Crippen LogP contribution in [0.3, 0.4) is 0 Å². The van der Waals surface area contributed by atoms with Crippen molar-refractivity contribution in [3.05, 3.63) is 0 Å². The Bertz CT molecular complexity index is 183. The number of carbonyl (C=O) groups is 2. The van der Waals surface area contributed by atoms with Gasteiger partial charge in [-0.15, -0.1) is 0 Å². The molecule has 5 heteroatoms. The van der Waals surface area contributed by atoms with Crippen LogP contribution in [-0.2, 0) is 9.59 Å². The van der Waals surface area contributed by atoms with E-state index in [-0.39, 0.29) is 23.6 Å². The lowest BCUT2D eigenvalue weighted by atomic mass is 10.3. The van der Waals surface area contributed by atoms with Gasteiger partial charge in [-0.05, 0) is 13.8 Å². The first-order valence-electron chi connectivity index (χ1n) is 4.23. The van der Waals surface area contributed by atoms with Crippen molar-refractivity contribution in [3.8, 4) is 0 Å². The van der Waals surface area contributed by atoms with Crippen molar-refractivity contribution in [3.63, 3.8) is 0 Å². The number of nitrogens with one attached hydrogen (secondary N) is 2. The van der Waals surface area contributed by atoms with Crippen molar-refractivity contribution < 1.29 is 9.59 Å². The van der Waals surface area contributed by atoms with E-state index in [1.54, 1.807) is 0 Å². The van der Waals surface area contributed by atoms with Crippen molar-refractivity contribution in [2.24, 2.45) is 0 Å². The highest BCUT2D eigenvalue weighted by Gasteiger charge is 2.03. The van der Waals surface area contributed by atoms with Gasteiger partial charge in [0.05, 0.1) is 5.75 Å². The van der Waals surface area contributed by atoms with Gasteiger partial charge in [0.25, 0.3) is 0 Å². The minimum Gasteiger partial charge on any atom is -0.355 e. The second kappa shape index (κ2) is 6.77. The lowest BCUT2D eigenvalue weighted by Gasteiger charge is -2.08. The molecule has 0 fully saturated rings. The van der Waals surface area contributed by atoms with Crippen molar-refractivity contribution in [1.29, 1.82) is 0 Å². The summed E-state index contributed by atoms with van der Waals surface area (Å²) in [5.74, 6) is -0.0404. The third-order valence-electron chi connectivity index (χ3n) is 1.27. The van der Waals surface area contributed by atoms with Crippen molar-refractivity contribution in [2.45, 2.75) is 26.3 Å². The molecular formula is C8H16N2O2S. The summed E-state index contributed by atoms with van der Waals surface area (Å²) in [5.41, 5.74) is 0. The molecule has 2 amide bonds. The Morgan fingerprint density at radius 3 is 2.38 bits per heavy atom. The van der Waals surface area contributed by atoms with Gasteiger partial charge >= 0.3 is 0 Å². The Labute approximate surface area is 83.9 Å². The molecule has 0 saturated heterocycles. The van der Waals surface area contributed by atoms with E-state index >= 15 is 0 Å². The summed E-state index contributed by atoms with van der Waals surface area (Å²) >= 11 is 3.78. The maximum atomic E-state index is 11.0. The van der Waals surface area contributed by atoms with Crippen molar-refractivity contribution >= 4 is 24.4 Å². The zero-order chi connectivity index (χ0) is 10.3. The van der Waals surface area contributed by atoms with E-state index in [4.69, 9.17) is 0 Å². The fourth-order valence-electron chi connectivity index (χ4n) is 0.765. The molecule has 0 aromatic heterocycles. The summed E-state index contributed by atoms with van der Waals surface area (Å²) in [5, 5.41) is 5.29. The quantitative estimate of drug-likeness (QED) is 0.550. The van der Waals surface area contributed by atoms with Gasteiger partial charge in [0.1, 0.15) is 0 Å². The molecule has 4 nitrogen and oxygen atoms in total. The van der Waals surface area contributed by atoms with E-state index in [1.165, 1.54) is 0 Å². The van der Waals surface area contributed by atoms with Crippen molar-refractivity contribution in [1.82, 2.24) is 10.6 Å². The average molecular weight is 204 g/mol. The molecule has 0 aliphatic heterocycles. The summed E-state index contributed by atoms with van der Waals surface area (Å²) in [6, 6.07) is 0.146. The Morgan fingerprint density at radius 1 is 1.31 bits per heavy atom. The second-order valence-corrected chi connectivity index (χ2v) is 3.30. The van der Waals surface area contributed by atoms with Crippen molar-refractivity contribution in [2.75, 3.05) is 12.3 Å². The third-order valence-corrected chi connectivity index (χ3v) is 1.55. The van der Waals surface area contributed by atoms with Crippen LogP contribution in [0.5, 0.6) is 0 Å². The topological polar surface area (TPSA) is 58.2 Å². The Morgan fingerprint density at radius 2 is 1.92 bits per heavy atom. The van der Waals surface area contributed by atoms with Gasteiger partial charge in [-0.1, -0.05) is 0 Å². The fraction of sp³-hybridized carbons (Fsp3) is 0.750. The highest BCUT2D eigenvalue weighted by atomic mass is 32.1. The summed E-state index contributed by atoms with van der Waals surface area (Å²) in [7, 11) is 0. The first kappa shape index (κ1) is 12.3. The first-order valence-corrected chi connectivity index (χ1v) is 4.86. The standard InChI is InChI=1S/C8H16N2O2S/c1-6(2)10-7(11)3-4-9-8(12)5-13/h6,13H,3-5H2,1-2H3,(H,9,12)(H,10,11). The SMILES string of the molecule is CC(C)NC(=O)CCNC(=O)CS. The highest BCUT2D eigenvalue weighted by molar-refractivity contribution is 7.81. The largest absolute Gasteiger partial charge is 0.355 e. The smallest absolute Gasteiger partial charge is 0.229 e. The van der Waals surface area contributed by atoms with Crippen LogP contribution in [0.15, 0.2) is 0 Å². The summed E-state index contributed by atoms with van der Waals surface area (Å²) in [4.78, 5) is 21.7. The van der Waals surface area contributed by atoms with E-state index in [9.17, 15) is 9.59 Å². The Kier molecular flexibility index (Phi) is 6.40. The van der Waals surface area contributed by atoms with Crippen LogP contribution in [0.25, 0.3) is 0 Å². The molecule has 0 spiro atoms. The molecule has 0 aromatic carbocycles. The van der Waals surface area contributed by atoms with Crippen LogP contribution in [0.2, 0.25) is 0 Å². The zero-order valence-corrected chi connectivity index (χ0v) is 8.86. The molecule has 76 valence electrons. The molecule has 0 unspecified atom stereocenters. The summed E-state index contributed by atoms with van der Waals surface area (Å²) < 4.78 is 0. The lowest BCUT2D eigenvalue weighted by Crippen LogP contribution is -2.34. The fourth-order valence-corrected chi connectivity index (χ4v) is 0.877. The van der Waals surface area contributed by atoms with Crippen LogP contribution < -0.4 is 10.6 Å². The summed E-state index contributed by atoms with van der Waals surface area (Å²) in [6.45, 7) is 4.16. The second-order valence-electron chi connectivity index (χ2n) is 2.98. The van der Waals surface area contributed by atoms with Gasteiger partial charge in [0.2, 0.25) is 11.8 Å². The van der Waals surface area contributed by atoms with Crippen LogP contribution in [-0.4, -0.2) is 30.2 Å². The molecule has 0 aliphatic rings. The average Bonchev–Trinajstić information content (AvgIpc) is 2.02. The maximum Gasteiger partial charge on any atom is 0.229 e. The predicted molar refractivity (Wildman–Crippen MR) is 54.8 cm³/mol. The van der Waals surface area contributed by atoms with Crippen LogP contribution >= 0.6 is 12.6 Å². The molecule has 0 aliphatic carbocycles. The monoisotopic (exact) mass is 204 g/mol. The number of rotatable bonds is 5. The van der Waals surface area contributed by atoms with Gasteiger partial charge in [-0.2, -0.15) is 12.6 Å². The normalized spacial score (nSPS) is 9.85. The molecule has 0 heterocycles. The maximum absolute atomic E-state index is 11.0. The molecule has 2 N–H and O–H groups in total. The van der Waals surface area contributed by atoms with E-state index in [1.807, 2.05) is 13.8 Å². The lowest BCUT2D eigenvalue weighted by molar-refractivity contribution is -0.121. The predicted octanol–water partition coefficient (Wildman–Crippen LogP) is -0.0529. The molecule has 0 radical (unpaired) electrons. The number of carbonyl (C=O) groups excluding carboxylic acids is 2.